The second kappa shape index (κ2) is 5.65. The van der Waals surface area contributed by atoms with Crippen LogP contribution < -0.4 is 0 Å². The van der Waals surface area contributed by atoms with Crippen molar-refractivity contribution in [2.45, 2.75) is 17.9 Å². The molecule has 0 aliphatic heterocycles. The summed E-state index contributed by atoms with van der Waals surface area (Å²) in [6.07, 6.45) is 1.75. The Morgan fingerprint density at radius 2 is 2.43 bits per heavy atom. The van der Waals surface area contributed by atoms with E-state index in [1.165, 1.54) is 18.9 Å². The molecule has 0 N–H and O–H groups in total. The van der Waals surface area contributed by atoms with Crippen molar-refractivity contribution in [1.82, 2.24) is 4.98 Å². The minimum Gasteiger partial charge on any atom is -0.468 e. The highest BCUT2D eigenvalue weighted by Crippen LogP contribution is 2.16. The second-order valence-electron chi connectivity index (χ2n) is 2.80. The minimum absolute atomic E-state index is 0.137. The molecule has 0 saturated carbocycles. The first-order chi connectivity index (χ1) is 6.74. The van der Waals surface area contributed by atoms with Gasteiger partial charge in [-0.25, -0.2) is 0 Å². The molecule has 4 heteroatoms. The van der Waals surface area contributed by atoms with E-state index in [-0.39, 0.29) is 11.2 Å². The van der Waals surface area contributed by atoms with Crippen LogP contribution in [0.1, 0.15) is 12.6 Å². The van der Waals surface area contributed by atoms with Crippen molar-refractivity contribution in [1.29, 1.82) is 0 Å². The zero-order valence-corrected chi connectivity index (χ0v) is 9.08. The van der Waals surface area contributed by atoms with Crippen molar-refractivity contribution in [2.75, 3.05) is 7.11 Å². The van der Waals surface area contributed by atoms with Gasteiger partial charge in [0.1, 0.15) is 0 Å². The van der Waals surface area contributed by atoms with Crippen molar-refractivity contribution in [3.8, 4) is 0 Å². The largest absolute Gasteiger partial charge is 0.468 e. The first kappa shape index (κ1) is 11.0. The molecule has 0 radical (unpaired) electrons. The van der Waals surface area contributed by atoms with E-state index in [1.807, 2.05) is 25.1 Å². The third kappa shape index (κ3) is 3.38. The van der Waals surface area contributed by atoms with Crippen LogP contribution in [0.3, 0.4) is 0 Å². The van der Waals surface area contributed by atoms with E-state index < -0.39 is 0 Å². The average molecular weight is 211 g/mol. The number of carbonyl (C=O) groups excluding carboxylic acids is 1. The molecule has 0 aliphatic carbocycles. The third-order valence-electron chi connectivity index (χ3n) is 1.74. The minimum atomic E-state index is -0.189. The molecular weight excluding hydrogens is 198 g/mol. The summed E-state index contributed by atoms with van der Waals surface area (Å²) < 4.78 is 4.62. The van der Waals surface area contributed by atoms with Crippen LogP contribution in [0.4, 0.5) is 0 Å². The molecule has 1 aromatic rings. The lowest BCUT2D eigenvalue weighted by Crippen LogP contribution is -2.14. The number of aromatic nitrogens is 1. The van der Waals surface area contributed by atoms with E-state index in [9.17, 15) is 4.79 Å². The highest BCUT2D eigenvalue weighted by Gasteiger charge is 2.13. The number of esters is 1. The number of rotatable bonds is 4. The van der Waals surface area contributed by atoms with Gasteiger partial charge in [0.05, 0.1) is 18.1 Å². The first-order valence-electron chi connectivity index (χ1n) is 4.33. The molecule has 14 heavy (non-hydrogen) atoms. The number of methoxy groups -OCH3 is 1. The van der Waals surface area contributed by atoms with Crippen LogP contribution in [0.15, 0.2) is 24.4 Å². The molecule has 0 unspecified atom stereocenters. The monoisotopic (exact) mass is 211 g/mol. The lowest BCUT2D eigenvalue weighted by molar-refractivity contribution is -0.139. The molecule has 1 rings (SSSR count). The maximum absolute atomic E-state index is 11.1. The summed E-state index contributed by atoms with van der Waals surface area (Å²) in [5.41, 5.74) is 0.980. The Labute approximate surface area is 87.9 Å². The number of ether oxygens (including phenoxy) is 1. The highest BCUT2D eigenvalue weighted by molar-refractivity contribution is 7.99. The van der Waals surface area contributed by atoms with Gasteiger partial charge in [-0.1, -0.05) is 6.07 Å². The summed E-state index contributed by atoms with van der Waals surface area (Å²) in [5.74, 6) is 0.544. The smallest absolute Gasteiger partial charge is 0.318 e. The Hall–Kier alpha value is -1.03. The Morgan fingerprint density at radius 3 is 3.00 bits per heavy atom. The molecule has 1 atom stereocenters. The lowest BCUT2D eigenvalue weighted by Gasteiger charge is -2.07. The van der Waals surface area contributed by atoms with Crippen LogP contribution >= 0.6 is 11.8 Å². The summed E-state index contributed by atoms with van der Waals surface area (Å²) >= 11 is 1.53. The number of thioether (sulfide) groups is 1. The Bertz CT molecular complexity index is 289. The van der Waals surface area contributed by atoms with Gasteiger partial charge in [-0.2, -0.15) is 0 Å². The summed E-state index contributed by atoms with van der Waals surface area (Å²) in [6.45, 7) is 1.83. The van der Waals surface area contributed by atoms with Crippen molar-refractivity contribution in [3.05, 3.63) is 30.1 Å². The van der Waals surface area contributed by atoms with Gasteiger partial charge in [0, 0.05) is 11.9 Å². The summed E-state index contributed by atoms with van der Waals surface area (Å²) in [6, 6.07) is 5.75. The number of pyridine rings is 1. The zero-order valence-electron chi connectivity index (χ0n) is 8.27. The molecule has 1 aromatic heterocycles. The van der Waals surface area contributed by atoms with Crippen molar-refractivity contribution in [2.24, 2.45) is 0 Å². The third-order valence-corrected chi connectivity index (χ3v) is 2.90. The molecule has 0 bridgehead atoms. The van der Waals surface area contributed by atoms with Gasteiger partial charge in [0.2, 0.25) is 0 Å². The normalized spacial score (nSPS) is 12.1. The van der Waals surface area contributed by atoms with Gasteiger partial charge >= 0.3 is 5.97 Å². The maximum atomic E-state index is 11.1. The average Bonchev–Trinajstić information content (AvgIpc) is 2.26. The zero-order chi connectivity index (χ0) is 10.4. The maximum Gasteiger partial charge on any atom is 0.318 e. The van der Waals surface area contributed by atoms with Crippen LogP contribution in [-0.4, -0.2) is 23.3 Å². The lowest BCUT2D eigenvalue weighted by atomic mass is 10.4. The number of hydrogen-bond donors (Lipinski definition) is 0. The van der Waals surface area contributed by atoms with Crippen molar-refractivity contribution >= 4 is 17.7 Å². The molecular formula is C10H13NO2S. The standard InChI is InChI=1S/C10H13NO2S/c1-8(10(12)13-2)14-7-9-5-3-4-6-11-9/h3-6,8H,7H2,1-2H3/t8-/m0/s1. The Morgan fingerprint density at radius 1 is 1.64 bits per heavy atom. The first-order valence-corrected chi connectivity index (χ1v) is 5.38. The van der Waals surface area contributed by atoms with Gasteiger partial charge in [-0.3, -0.25) is 9.78 Å². The van der Waals surface area contributed by atoms with Crippen LogP contribution in [0.5, 0.6) is 0 Å². The number of carbonyl (C=O) groups is 1. The number of hydrogen-bond acceptors (Lipinski definition) is 4. The molecule has 0 aromatic carbocycles. The van der Waals surface area contributed by atoms with E-state index in [1.54, 1.807) is 6.20 Å². The summed E-state index contributed by atoms with van der Waals surface area (Å²) in [5, 5.41) is -0.137. The molecule has 0 saturated heterocycles. The van der Waals surface area contributed by atoms with Crippen LogP contribution in [0, 0.1) is 0 Å². The molecule has 0 spiro atoms. The highest BCUT2D eigenvalue weighted by atomic mass is 32.2. The predicted molar refractivity (Wildman–Crippen MR) is 57.0 cm³/mol. The van der Waals surface area contributed by atoms with E-state index in [2.05, 4.69) is 9.72 Å². The van der Waals surface area contributed by atoms with E-state index in [0.29, 0.717) is 0 Å². The van der Waals surface area contributed by atoms with Crippen LogP contribution in [-0.2, 0) is 15.3 Å². The van der Waals surface area contributed by atoms with Gasteiger partial charge in [0.15, 0.2) is 0 Å². The van der Waals surface area contributed by atoms with Gasteiger partial charge in [0.25, 0.3) is 0 Å². The van der Waals surface area contributed by atoms with Gasteiger partial charge in [-0.15, -0.1) is 11.8 Å². The van der Waals surface area contributed by atoms with Crippen molar-refractivity contribution in [3.63, 3.8) is 0 Å². The Balaban J connectivity index is 2.38. The Kier molecular flexibility index (Phi) is 4.46. The fraction of sp³-hybridized carbons (Fsp3) is 0.400. The molecule has 0 aliphatic rings. The topological polar surface area (TPSA) is 39.2 Å². The fourth-order valence-electron chi connectivity index (χ4n) is 0.928. The van der Waals surface area contributed by atoms with Gasteiger partial charge in [-0.05, 0) is 19.1 Å². The van der Waals surface area contributed by atoms with E-state index >= 15 is 0 Å². The fourth-order valence-corrected chi connectivity index (χ4v) is 1.75. The molecule has 0 amide bonds. The molecule has 1 heterocycles. The van der Waals surface area contributed by atoms with Crippen LogP contribution in [0.2, 0.25) is 0 Å². The molecule has 0 fully saturated rings. The number of nitrogens with zero attached hydrogens (tertiary/aromatic N) is 1. The van der Waals surface area contributed by atoms with Crippen LogP contribution in [0.25, 0.3) is 0 Å². The SMILES string of the molecule is COC(=O)[C@H](C)SCc1ccccn1. The van der Waals surface area contributed by atoms with E-state index in [4.69, 9.17) is 0 Å². The predicted octanol–water partition coefficient (Wildman–Crippen LogP) is 1.88. The summed E-state index contributed by atoms with van der Waals surface area (Å²) in [7, 11) is 1.40. The van der Waals surface area contributed by atoms with Gasteiger partial charge < -0.3 is 4.74 Å². The second-order valence-corrected chi connectivity index (χ2v) is 4.13. The quantitative estimate of drug-likeness (QED) is 0.713. The molecule has 76 valence electrons. The van der Waals surface area contributed by atoms with Crippen molar-refractivity contribution < 1.29 is 9.53 Å². The molecule has 3 nitrogen and oxygen atoms in total. The summed E-state index contributed by atoms with van der Waals surface area (Å²) in [4.78, 5) is 15.2. The van der Waals surface area contributed by atoms with E-state index in [0.717, 1.165) is 11.4 Å².